The third-order valence-corrected chi connectivity index (χ3v) is 4.41. The molecule has 0 bridgehead atoms. The van der Waals surface area contributed by atoms with Crippen molar-refractivity contribution in [2.24, 2.45) is 5.41 Å². The maximum absolute atomic E-state index is 12.8. The number of methoxy groups -OCH3 is 1. The Bertz CT molecular complexity index is 840. The minimum Gasteiger partial charge on any atom is -0.465 e. The SMILES string of the molecule is CC.COC(=O)c1ccc(B2OCC(C)(C)CO2)c(C(=O)OCc2ccccc2)c1. The number of rotatable bonds is 5. The quantitative estimate of drug-likeness (QED) is 0.552. The Morgan fingerprint density at radius 3 is 2.23 bits per heavy atom. The number of ether oxygens (including phenoxy) is 2. The van der Waals surface area contributed by atoms with Crippen molar-refractivity contribution in [2.75, 3.05) is 20.3 Å². The zero-order valence-electron chi connectivity index (χ0n) is 18.3. The molecule has 0 unspecified atom stereocenters. The molecule has 0 amide bonds. The van der Waals surface area contributed by atoms with Crippen LogP contribution in [0.3, 0.4) is 0 Å². The Kier molecular flexibility index (Phi) is 8.63. The van der Waals surface area contributed by atoms with Crippen LogP contribution in [0, 0.1) is 5.41 Å². The summed E-state index contributed by atoms with van der Waals surface area (Å²) in [6, 6.07) is 14.1. The van der Waals surface area contributed by atoms with Gasteiger partial charge in [0.25, 0.3) is 0 Å². The molecule has 0 N–H and O–H groups in total. The molecule has 0 radical (unpaired) electrons. The van der Waals surface area contributed by atoms with Crippen molar-refractivity contribution in [2.45, 2.75) is 34.3 Å². The first-order valence-electron chi connectivity index (χ1n) is 10.1. The molecular weight excluding hydrogens is 383 g/mol. The highest BCUT2D eigenvalue weighted by Crippen LogP contribution is 2.22. The van der Waals surface area contributed by atoms with Crippen LogP contribution in [0.15, 0.2) is 48.5 Å². The largest absolute Gasteiger partial charge is 0.494 e. The summed E-state index contributed by atoms with van der Waals surface area (Å²) in [5, 5.41) is 0. The maximum atomic E-state index is 12.8. The zero-order chi connectivity index (χ0) is 22.1. The van der Waals surface area contributed by atoms with Crippen molar-refractivity contribution in [3.8, 4) is 0 Å². The van der Waals surface area contributed by atoms with Gasteiger partial charge in [0.15, 0.2) is 0 Å². The molecule has 0 atom stereocenters. The molecule has 2 aromatic carbocycles. The minimum absolute atomic E-state index is 0.101. The fourth-order valence-corrected chi connectivity index (χ4v) is 2.86. The summed E-state index contributed by atoms with van der Waals surface area (Å²) >= 11 is 0. The van der Waals surface area contributed by atoms with E-state index < -0.39 is 19.1 Å². The van der Waals surface area contributed by atoms with Crippen molar-refractivity contribution in [1.82, 2.24) is 0 Å². The second kappa shape index (κ2) is 10.9. The molecule has 0 spiro atoms. The molecule has 1 aliphatic heterocycles. The molecule has 1 aliphatic rings. The average molecular weight is 412 g/mol. The van der Waals surface area contributed by atoms with Crippen LogP contribution >= 0.6 is 0 Å². The molecular formula is C23H29BO6. The molecule has 30 heavy (non-hydrogen) atoms. The number of hydrogen-bond donors (Lipinski definition) is 0. The molecule has 0 saturated carbocycles. The summed E-state index contributed by atoms with van der Waals surface area (Å²) < 4.78 is 21.8. The first-order valence-corrected chi connectivity index (χ1v) is 10.1. The fraction of sp³-hybridized carbons (Fsp3) is 0.391. The number of carbonyl (C=O) groups is 2. The van der Waals surface area contributed by atoms with E-state index in [1.807, 2.05) is 58.0 Å². The Morgan fingerprint density at radius 2 is 1.63 bits per heavy atom. The van der Waals surface area contributed by atoms with Gasteiger partial charge in [-0.15, -0.1) is 0 Å². The lowest BCUT2D eigenvalue weighted by Gasteiger charge is -2.33. The van der Waals surface area contributed by atoms with Crippen molar-refractivity contribution in [3.63, 3.8) is 0 Å². The molecule has 0 aliphatic carbocycles. The summed E-state index contributed by atoms with van der Waals surface area (Å²) in [6.07, 6.45) is 0. The molecule has 7 heteroatoms. The van der Waals surface area contributed by atoms with Crippen LogP contribution in [-0.2, 0) is 25.4 Å². The third kappa shape index (κ3) is 6.18. The number of benzene rings is 2. The topological polar surface area (TPSA) is 71.1 Å². The van der Waals surface area contributed by atoms with Gasteiger partial charge in [0.2, 0.25) is 0 Å². The van der Waals surface area contributed by atoms with Crippen LogP contribution in [-0.4, -0.2) is 39.4 Å². The molecule has 1 fully saturated rings. The van der Waals surface area contributed by atoms with Crippen LogP contribution in [0.4, 0.5) is 0 Å². The van der Waals surface area contributed by atoms with Crippen LogP contribution in [0.5, 0.6) is 0 Å². The normalized spacial score (nSPS) is 14.9. The van der Waals surface area contributed by atoms with E-state index in [2.05, 4.69) is 0 Å². The van der Waals surface area contributed by atoms with Crippen molar-refractivity contribution >= 4 is 24.5 Å². The van der Waals surface area contributed by atoms with E-state index >= 15 is 0 Å². The molecule has 2 aromatic rings. The molecule has 3 rings (SSSR count). The van der Waals surface area contributed by atoms with Crippen LogP contribution in [0.25, 0.3) is 0 Å². The highest BCUT2D eigenvalue weighted by Gasteiger charge is 2.36. The van der Waals surface area contributed by atoms with Gasteiger partial charge in [-0.1, -0.05) is 64.1 Å². The van der Waals surface area contributed by atoms with Crippen LogP contribution < -0.4 is 5.46 Å². The van der Waals surface area contributed by atoms with Gasteiger partial charge in [-0.2, -0.15) is 0 Å². The summed E-state index contributed by atoms with van der Waals surface area (Å²) in [6.45, 7) is 9.20. The van der Waals surface area contributed by atoms with E-state index in [0.29, 0.717) is 18.7 Å². The summed E-state index contributed by atoms with van der Waals surface area (Å²) in [4.78, 5) is 24.7. The van der Waals surface area contributed by atoms with Gasteiger partial charge in [0, 0.05) is 18.6 Å². The van der Waals surface area contributed by atoms with E-state index in [0.717, 1.165) is 5.56 Å². The molecule has 160 valence electrons. The maximum Gasteiger partial charge on any atom is 0.494 e. The Morgan fingerprint density at radius 1 is 1.00 bits per heavy atom. The average Bonchev–Trinajstić information content (AvgIpc) is 2.78. The van der Waals surface area contributed by atoms with Gasteiger partial charge >= 0.3 is 19.1 Å². The first kappa shape index (κ1) is 23.6. The lowest BCUT2D eigenvalue weighted by Crippen LogP contribution is -2.49. The number of carbonyl (C=O) groups excluding carboxylic acids is 2. The van der Waals surface area contributed by atoms with E-state index in [-0.39, 0.29) is 23.1 Å². The standard InChI is InChI=1S/C21H23BO6.C2H6/c1-21(2)13-27-22(28-14-21)18-10-9-16(19(23)25-3)11-17(18)20(24)26-12-15-7-5-4-6-8-15;1-2/h4-11H,12-14H2,1-3H3;1-2H3. The molecule has 1 saturated heterocycles. The van der Waals surface area contributed by atoms with Crippen LogP contribution in [0.1, 0.15) is 54.0 Å². The van der Waals surface area contributed by atoms with Gasteiger partial charge in [-0.3, -0.25) is 0 Å². The number of esters is 2. The van der Waals surface area contributed by atoms with E-state index in [9.17, 15) is 9.59 Å². The summed E-state index contributed by atoms with van der Waals surface area (Å²) in [5.74, 6) is -1.09. The molecule has 0 aromatic heterocycles. The predicted octanol–water partition coefficient (Wildman–Crippen LogP) is 3.62. The van der Waals surface area contributed by atoms with Crippen LogP contribution in [0.2, 0.25) is 0 Å². The summed E-state index contributed by atoms with van der Waals surface area (Å²) in [5.41, 5.74) is 1.78. The summed E-state index contributed by atoms with van der Waals surface area (Å²) in [7, 11) is 0.595. The fourth-order valence-electron chi connectivity index (χ4n) is 2.86. The molecule has 6 nitrogen and oxygen atoms in total. The van der Waals surface area contributed by atoms with Gasteiger partial charge in [-0.25, -0.2) is 9.59 Å². The highest BCUT2D eigenvalue weighted by molar-refractivity contribution is 6.63. The number of hydrogen-bond acceptors (Lipinski definition) is 6. The Hall–Kier alpha value is -2.64. The zero-order valence-corrected chi connectivity index (χ0v) is 18.3. The van der Waals surface area contributed by atoms with Gasteiger partial charge < -0.3 is 18.8 Å². The van der Waals surface area contributed by atoms with Gasteiger partial charge in [0.05, 0.1) is 18.2 Å². The molecule has 1 heterocycles. The third-order valence-electron chi connectivity index (χ3n) is 4.41. The van der Waals surface area contributed by atoms with Crippen molar-refractivity contribution < 1.29 is 28.4 Å². The van der Waals surface area contributed by atoms with E-state index in [1.165, 1.54) is 13.2 Å². The second-order valence-electron chi connectivity index (χ2n) is 7.47. The van der Waals surface area contributed by atoms with E-state index in [1.54, 1.807) is 12.1 Å². The second-order valence-corrected chi connectivity index (χ2v) is 7.47. The minimum atomic E-state index is -0.695. The van der Waals surface area contributed by atoms with Crippen molar-refractivity contribution in [1.29, 1.82) is 0 Å². The Labute approximate surface area is 178 Å². The van der Waals surface area contributed by atoms with Gasteiger partial charge in [-0.05, 0) is 23.2 Å². The van der Waals surface area contributed by atoms with Crippen molar-refractivity contribution in [3.05, 3.63) is 65.2 Å². The lowest BCUT2D eigenvalue weighted by atomic mass is 9.73. The highest BCUT2D eigenvalue weighted by atomic mass is 16.6. The monoisotopic (exact) mass is 412 g/mol. The lowest BCUT2D eigenvalue weighted by molar-refractivity contribution is 0.0336. The predicted molar refractivity (Wildman–Crippen MR) is 116 cm³/mol. The van der Waals surface area contributed by atoms with Gasteiger partial charge in [0.1, 0.15) is 6.61 Å². The first-order chi connectivity index (χ1) is 14.4. The van der Waals surface area contributed by atoms with E-state index in [4.69, 9.17) is 18.8 Å². The Balaban J connectivity index is 0.00000155. The smallest absolute Gasteiger partial charge is 0.465 e.